The highest BCUT2D eigenvalue weighted by Crippen LogP contribution is 2.37. The first kappa shape index (κ1) is 26.8. The van der Waals surface area contributed by atoms with Crippen LogP contribution < -0.4 is 10.1 Å². The number of hydrogen-bond donors (Lipinski definition) is 1. The van der Waals surface area contributed by atoms with Crippen molar-refractivity contribution < 1.29 is 45.9 Å². The fourth-order valence-electron chi connectivity index (χ4n) is 2.61. The van der Waals surface area contributed by atoms with Crippen molar-refractivity contribution in [2.45, 2.75) is 24.6 Å². The van der Waals surface area contributed by atoms with Gasteiger partial charge in [-0.15, -0.1) is 0 Å². The lowest BCUT2D eigenvalue weighted by Crippen LogP contribution is -2.43. The molecule has 0 aliphatic heterocycles. The zero-order valence-electron chi connectivity index (χ0n) is 17.2. The smallest absolute Gasteiger partial charge is 0.456 e. The van der Waals surface area contributed by atoms with Gasteiger partial charge in [0.15, 0.2) is 12.4 Å². The van der Waals surface area contributed by atoms with Gasteiger partial charge in [0.1, 0.15) is 6.04 Å². The van der Waals surface area contributed by atoms with E-state index in [0.29, 0.717) is 22.7 Å². The molecule has 0 saturated carbocycles. The van der Waals surface area contributed by atoms with Gasteiger partial charge in [-0.25, -0.2) is 4.79 Å². The molecule has 0 radical (unpaired) electrons. The Morgan fingerprint density at radius 1 is 1.12 bits per heavy atom. The van der Waals surface area contributed by atoms with E-state index in [4.69, 9.17) is 11.6 Å². The molecule has 2 aromatic rings. The lowest BCUT2D eigenvalue weighted by atomic mass is 10.1. The van der Waals surface area contributed by atoms with Crippen molar-refractivity contribution in [1.82, 2.24) is 5.32 Å². The summed E-state index contributed by atoms with van der Waals surface area (Å²) in [4.78, 5) is 34.7. The molecule has 14 heteroatoms. The van der Waals surface area contributed by atoms with Crippen LogP contribution in [0.25, 0.3) is 0 Å². The van der Waals surface area contributed by atoms with Gasteiger partial charge in [-0.1, -0.05) is 23.7 Å². The van der Waals surface area contributed by atoms with Crippen LogP contribution >= 0.6 is 11.6 Å². The second kappa shape index (κ2) is 10.6. The molecule has 2 rings (SSSR count). The maximum atomic E-state index is 13.2. The summed E-state index contributed by atoms with van der Waals surface area (Å²) in [5.41, 5.74) is -0.761. The van der Waals surface area contributed by atoms with Crippen LogP contribution in [0.15, 0.2) is 42.5 Å². The molecule has 34 heavy (non-hydrogen) atoms. The lowest BCUT2D eigenvalue weighted by Gasteiger charge is -2.20. The number of alkyl halides is 5. The van der Waals surface area contributed by atoms with Crippen molar-refractivity contribution in [3.05, 3.63) is 68.7 Å². The van der Waals surface area contributed by atoms with Crippen molar-refractivity contribution in [2.75, 3.05) is 13.7 Å². The van der Waals surface area contributed by atoms with E-state index in [1.807, 2.05) is 0 Å². The number of benzene rings is 2. The van der Waals surface area contributed by atoms with E-state index in [1.165, 1.54) is 0 Å². The van der Waals surface area contributed by atoms with Gasteiger partial charge in [0.05, 0.1) is 12.0 Å². The first-order valence-electron chi connectivity index (χ1n) is 9.24. The summed E-state index contributed by atoms with van der Waals surface area (Å²) in [5, 5.41) is 13.8. The largest absolute Gasteiger partial charge is 0.480 e. The van der Waals surface area contributed by atoms with E-state index in [1.54, 1.807) is 24.3 Å². The number of nitrogens with one attached hydrogen (secondary N) is 1. The van der Waals surface area contributed by atoms with Gasteiger partial charge in [-0.2, -0.15) is 22.0 Å². The maximum absolute atomic E-state index is 13.2. The molecule has 0 spiro atoms. The average Bonchev–Trinajstić information content (AvgIpc) is 2.77. The highest BCUT2D eigenvalue weighted by molar-refractivity contribution is 6.30. The summed E-state index contributed by atoms with van der Waals surface area (Å²) < 4.78 is 72.5. The zero-order valence-corrected chi connectivity index (χ0v) is 18.0. The summed E-state index contributed by atoms with van der Waals surface area (Å²) in [6, 6.07) is 7.27. The molecule has 0 bridgehead atoms. The fourth-order valence-corrected chi connectivity index (χ4v) is 2.73. The van der Waals surface area contributed by atoms with Gasteiger partial charge >= 0.3 is 23.8 Å². The minimum atomic E-state index is -5.95. The number of hydrogen-bond acceptors (Lipinski definition) is 6. The number of rotatable bonds is 9. The molecular weight excluding hydrogens is 495 g/mol. The normalized spacial score (nSPS) is 12.6. The number of nitro groups is 1. The molecule has 1 amide bonds. The van der Waals surface area contributed by atoms with Crippen LogP contribution in [-0.4, -0.2) is 48.7 Å². The van der Waals surface area contributed by atoms with E-state index in [9.17, 15) is 41.7 Å². The Morgan fingerprint density at radius 2 is 1.74 bits per heavy atom. The van der Waals surface area contributed by atoms with Gasteiger partial charge in [0.25, 0.3) is 5.91 Å². The number of carbonyl (C=O) groups excluding carboxylic acids is 2. The van der Waals surface area contributed by atoms with Crippen LogP contribution in [0.2, 0.25) is 5.02 Å². The number of amides is 1. The van der Waals surface area contributed by atoms with Gasteiger partial charge in [-0.05, 0) is 23.8 Å². The Labute approximate surface area is 193 Å². The minimum Gasteiger partial charge on any atom is -0.480 e. The molecule has 8 nitrogen and oxygen atoms in total. The van der Waals surface area contributed by atoms with Crippen molar-refractivity contribution in [3.63, 3.8) is 0 Å². The van der Waals surface area contributed by atoms with E-state index >= 15 is 0 Å². The number of nitrogens with zero attached hydrogens (tertiary/aromatic N) is 1. The van der Waals surface area contributed by atoms with E-state index < -0.39 is 58.5 Å². The molecule has 0 fully saturated rings. The molecule has 0 aromatic heterocycles. The summed E-state index contributed by atoms with van der Waals surface area (Å²) in [6.45, 7) is -2.25. The Hall–Kier alpha value is -3.48. The predicted molar refractivity (Wildman–Crippen MR) is 108 cm³/mol. The number of nitro benzene ring substituents is 1. The number of carbonyl (C=O) groups is 2. The number of methoxy groups -OCH3 is 1. The van der Waals surface area contributed by atoms with Crippen LogP contribution in [0.3, 0.4) is 0 Å². The van der Waals surface area contributed by atoms with Crippen LogP contribution in [-0.2, 0) is 16.0 Å². The number of ether oxygens (including phenoxy) is 2. The first-order valence-corrected chi connectivity index (χ1v) is 9.62. The summed E-state index contributed by atoms with van der Waals surface area (Å²) >= 11 is 5.80. The van der Waals surface area contributed by atoms with Crippen molar-refractivity contribution in [3.8, 4) is 5.75 Å². The predicted octanol–water partition coefficient (Wildman–Crippen LogP) is 4.34. The first-order chi connectivity index (χ1) is 15.7. The lowest BCUT2D eigenvalue weighted by molar-refractivity contribution is -0.386. The summed E-state index contributed by atoms with van der Waals surface area (Å²) in [5.74, 6) is -8.12. The van der Waals surface area contributed by atoms with Crippen molar-refractivity contribution in [1.29, 1.82) is 0 Å². The fraction of sp³-hybridized carbons (Fsp3) is 0.300. The quantitative estimate of drug-likeness (QED) is 0.233. The third kappa shape index (κ3) is 6.76. The number of halogens is 6. The van der Waals surface area contributed by atoms with Crippen LogP contribution in [0, 0.1) is 10.1 Å². The molecule has 184 valence electrons. The van der Waals surface area contributed by atoms with Crippen LogP contribution in [0.1, 0.15) is 15.9 Å². The second-order valence-electron chi connectivity index (χ2n) is 6.81. The third-order valence-corrected chi connectivity index (χ3v) is 4.64. The average molecular weight is 511 g/mol. The molecule has 2 aromatic carbocycles. The van der Waals surface area contributed by atoms with Gasteiger partial charge < -0.3 is 14.8 Å². The minimum absolute atomic E-state index is 0.0380. The molecule has 0 unspecified atom stereocenters. The van der Waals surface area contributed by atoms with Gasteiger partial charge in [0.2, 0.25) is 0 Å². The monoisotopic (exact) mass is 510 g/mol. The second-order valence-corrected chi connectivity index (χ2v) is 7.25. The van der Waals surface area contributed by atoms with Crippen molar-refractivity contribution >= 4 is 29.2 Å². The Morgan fingerprint density at radius 3 is 2.26 bits per heavy atom. The Balaban J connectivity index is 2.27. The maximum Gasteiger partial charge on any atom is 0.456 e. The Kier molecular flexibility index (Phi) is 8.37. The van der Waals surface area contributed by atoms with E-state index in [2.05, 4.69) is 14.8 Å². The number of esters is 1. The topological polar surface area (TPSA) is 108 Å². The zero-order chi connectivity index (χ0) is 25.7. The molecule has 0 aliphatic carbocycles. The Bertz CT molecular complexity index is 1060. The third-order valence-electron chi connectivity index (χ3n) is 4.39. The standard InChI is InChI=1S/C20H16ClF5N2O6/c1-33-18(30)14(8-11-2-5-13(21)6-3-11)27-17(29)12-4-7-15(28(31)32)16(9-12)34-10-19(22,23)20(24,25)26/h2-7,9,14H,8,10H2,1H3,(H,27,29)/t14-/m0/s1. The van der Waals surface area contributed by atoms with Gasteiger partial charge in [-0.3, -0.25) is 14.9 Å². The highest BCUT2D eigenvalue weighted by Gasteiger charge is 2.58. The molecule has 1 N–H and O–H groups in total. The van der Waals surface area contributed by atoms with Crippen LogP contribution in [0.5, 0.6) is 5.75 Å². The van der Waals surface area contributed by atoms with Crippen molar-refractivity contribution in [2.24, 2.45) is 0 Å². The highest BCUT2D eigenvalue weighted by atomic mass is 35.5. The van der Waals surface area contributed by atoms with Gasteiger partial charge in [0, 0.05) is 29.1 Å². The molecule has 1 atom stereocenters. The molecular formula is C20H16ClF5N2O6. The molecule has 0 aliphatic rings. The SMILES string of the molecule is COC(=O)[C@H](Cc1ccc(Cl)cc1)NC(=O)c1ccc([N+](=O)[O-])c(OCC(F)(F)C(F)(F)F)c1. The van der Waals surface area contributed by atoms with E-state index in [-0.39, 0.29) is 6.42 Å². The summed E-state index contributed by atoms with van der Waals surface area (Å²) in [6.07, 6.45) is -5.99. The molecule has 0 heterocycles. The van der Waals surface area contributed by atoms with Crippen LogP contribution in [0.4, 0.5) is 27.6 Å². The summed E-state index contributed by atoms with van der Waals surface area (Å²) in [7, 11) is 1.07. The molecule has 0 saturated heterocycles. The van der Waals surface area contributed by atoms with E-state index in [0.717, 1.165) is 13.2 Å².